The number of amides is 1. The van der Waals surface area contributed by atoms with Gasteiger partial charge in [0.25, 0.3) is 5.91 Å². The molecule has 0 unspecified atom stereocenters. The van der Waals surface area contributed by atoms with Crippen molar-refractivity contribution in [2.45, 2.75) is 20.8 Å². The second-order valence-electron chi connectivity index (χ2n) is 5.44. The van der Waals surface area contributed by atoms with E-state index in [0.29, 0.717) is 11.3 Å². The molecule has 1 heterocycles. The Hall–Kier alpha value is -2.41. The lowest BCUT2D eigenvalue weighted by atomic mass is 9.92. The lowest BCUT2D eigenvalue weighted by Crippen LogP contribution is -2.22. The van der Waals surface area contributed by atoms with E-state index in [1.54, 1.807) is 18.2 Å². The summed E-state index contributed by atoms with van der Waals surface area (Å²) in [5, 5.41) is 14.5. The fourth-order valence-electron chi connectivity index (χ4n) is 1.80. The monoisotopic (exact) mass is 253 g/mol. The average molecular weight is 253 g/mol. The fraction of sp³-hybridized carbons (Fsp3) is 0.267. The first kappa shape index (κ1) is 13.0. The van der Waals surface area contributed by atoms with Crippen molar-refractivity contribution < 1.29 is 4.79 Å². The van der Waals surface area contributed by atoms with Gasteiger partial charge in [0.1, 0.15) is 6.07 Å². The Kier molecular flexibility index (Phi) is 3.22. The molecule has 0 atom stereocenters. The van der Waals surface area contributed by atoms with Gasteiger partial charge in [-0.1, -0.05) is 45.0 Å². The van der Waals surface area contributed by atoms with Crippen molar-refractivity contribution in [3.8, 4) is 6.07 Å². The van der Waals surface area contributed by atoms with Crippen LogP contribution in [-0.4, -0.2) is 11.6 Å². The molecule has 0 aromatic heterocycles. The Morgan fingerprint density at radius 1 is 1.26 bits per heavy atom. The molecule has 0 bridgehead atoms. The Labute approximate surface area is 112 Å². The highest BCUT2D eigenvalue weighted by atomic mass is 16.2. The molecule has 4 nitrogen and oxygen atoms in total. The molecule has 1 aliphatic heterocycles. The third-order valence-corrected chi connectivity index (χ3v) is 2.56. The van der Waals surface area contributed by atoms with Gasteiger partial charge in [-0.2, -0.15) is 15.4 Å². The van der Waals surface area contributed by atoms with E-state index in [1.165, 1.54) is 5.01 Å². The second kappa shape index (κ2) is 4.69. The largest absolute Gasteiger partial charge is 0.281 e. The first-order valence-electron chi connectivity index (χ1n) is 6.04. The zero-order valence-electron chi connectivity index (χ0n) is 11.2. The smallest absolute Gasteiger partial charge is 0.267 e. The maximum absolute atomic E-state index is 12.3. The van der Waals surface area contributed by atoms with Crippen LogP contribution in [0.1, 0.15) is 20.8 Å². The number of rotatable bonds is 1. The van der Waals surface area contributed by atoms with Crippen molar-refractivity contribution in [2.24, 2.45) is 10.5 Å². The predicted molar refractivity (Wildman–Crippen MR) is 74.5 cm³/mol. The number of allylic oxidation sites excluding steroid dienone is 1. The van der Waals surface area contributed by atoms with Crippen LogP contribution in [0.15, 0.2) is 47.1 Å². The predicted octanol–water partition coefficient (Wildman–Crippen LogP) is 2.89. The van der Waals surface area contributed by atoms with Crippen molar-refractivity contribution >= 4 is 17.3 Å². The minimum atomic E-state index is -0.252. The van der Waals surface area contributed by atoms with Crippen LogP contribution in [0.5, 0.6) is 0 Å². The van der Waals surface area contributed by atoms with Crippen LogP contribution in [0.3, 0.4) is 0 Å². The zero-order valence-corrected chi connectivity index (χ0v) is 11.2. The van der Waals surface area contributed by atoms with E-state index in [0.717, 1.165) is 0 Å². The lowest BCUT2D eigenvalue weighted by molar-refractivity contribution is -0.114. The van der Waals surface area contributed by atoms with E-state index in [4.69, 9.17) is 5.26 Å². The number of carbonyl (C=O) groups is 1. The van der Waals surface area contributed by atoms with Gasteiger partial charge in [0.05, 0.1) is 11.3 Å². The minimum absolute atomic E-state index is 0.170. The number of anilines is 1. The second-order valence-corrected chi connectivity index (χ2v) is 5.44. The Morgan fingerprint density at radius 3 is 2.42 bits per heavy atom. The third kappa shape index (κ3) is 2.71. The van der Waals surface area contributed by atoms with Crippen molar-refractivity contribution in [3.63, 3.8) is 0 Å². The Bertz CT molecular complexity index is 601. The molecular formula is C15H15N3O. The highest BCUT2D eigenvalue weighted by molar-refractivity contribution is 6.35. The average Bonchev–Trinajstić information content (AvgIpc) is 2.66. The van der Waals surface area contributed by atoms with E-state index in [-0.39, 0.29) is 17.0 Å². The van der Waals surface area contributed by atoms with Crippen molar-refractivity contribution in [3.05, 3.63) is 42.0 Å². The number of nitriles is 1. The minimum Gasteiger partial charge on any atom is -0.267 e. The molecule has 0 N–H and O–H groups in total. The SMILES string of the molecule is CC(C)(C)/C=C1/C(=O)N(c2ccccc2)N=C1C#N. The van der Waals surface area contributed by atoms with Crippen LogP contribution < -0.4 is 5.01 Å². The molecule has 2 rings (SSSR count). The van der Waals surface area contributed by atoms with Crippen LogP contribution in [0.25, 0.3) is 0 Å². The van der Waals surface area contributed by atoms with E-state index < -0.39 is 0 Å². The normalized spacial score (nSPS) is 17.6. The van der Waals surface area contributed by atoms with Gasteiger partial charge in [0.15, 0.2) is 5.71 Å². The molecule has 1 amide bonds. The molecule has 0 saturated carbocycles. The summed E-state index contributed by atoms with van der Waals surface area (Å²) in [7, 11) is 0. The number of hydrazone groups is 1. The molecule has 96 valence electrons. The summed E-state index contributed by atoms with van der Waals surface area (Å²) < 4.78 is 0. The van der Waals surface area contributed by atoms with E-state index >= 15 is 0 Å². The molecule has 0 spiro atoms. The van der Waals surface area contributed by atoms with Gasteiger partial charge in [-0.15, -0.1) is 0 Å². The molecule has 0 saturated heterocycles. The number of hydrogen-bond donors (Lipinski definition) is 0. The third-order valence-electron chi connectivity index (χ3n) is 2.56. The van der Waals surface area contributed by atoms with Gasteiger partial charge in [-0.25, -0.2) is 0 Å². The first-order chi connectivity index (χ1) is 8.92. The highest BCUT2D eigenvalue weighted by Crippen LogP contribution is 2.26. The number of benzene rings is 1. The molecule has 0 aliphatic carbocycles. The molecule has 0 radical (unpaired) electrons. The Morgan fingerprint density at radius 2 is 1.89 bits per heavy atom. The van der Waals surface area contributed by atoms with Crippen molar-refractivity contribution in [2.75, 3.05) is 5.01 Å². The highest BCUT2D eigenvalue weighted by Gasteiger charge is 2.32. The summed E-state index contributed by atoms with van der Waals surface area (Å²) in [6, 6.07) is 11.1. The molecule has 1 aromatic carbocycles. The number of hydrogen-bond acceptors (Lipinski definition) is 3. The van der Waals surface area contributed by atoms with Gasteiger partial charge < -0.3 is 0 Å². The maximum atomic E-state index is 12.3. The summed E-state index contributed by atoms with van der Waals surface area (Å²) in [6.45, 7) is 5.94. The van der Waals surface area contributed by atoms with Crippen LogP contribution in [-0.2, 0) is 4.79 Å². The Balaban J connectivity index is 2.44. The number of para-hydroxylation sites is 1. The number of nitrogens with zero attached hydrogens (tertiary/aromatic N) is 3. The molecular weight excluding hydrogens is 238 g/mol. The van der Waals surface area contributed by atoms with Gasteiger partial charge in [-0.3, -0.25) is 4.79 Å². The van der Waals surface area contributed by atoms with Gasteiger partial charge in [-0.05, 0) is 17.5 Å². The summed E-state index contributed by atoms with van der Waals surface area (Å²) >= 11 is 0. The molecule has 0 fully saturated rings. The summed E-state index contributed by atoms with van der Waals surface area (Å²) in [5.41, 5.74) is 1.02. The van der Waals surface area contributed by atoms with E-state index in [9.17, 15) is 4.79 Å². The van der Waals surface area contributed by atoms with Crippen LogP contribution in [0, 0.1) is 16.7 Å². The molecule has 1 aliphatic rings. The fourth-order valence-corrected chi connectivity index (χ4v) is 1.80. The summed E-state index contributed by atoms with van der Waals surface area (Å²) in [4.78, 5) is 12.3. The quantitative estimate of drug-likeness (QED) is 0.722. The standard InChI is InChI=1S/C15H15N3O/c1-15(2,3)9-12-13(10-16)17-18(14(12)19)11-7-5-4-6-8-11/h4-9H,1-3H3/b12-9+. The van der Waals surface area contributed by atoms with Gasteiger partial charge in [0, 0.05) is 0 Å². The van der Waals surface area contributed by atoms with Crippen LogP contribution in [0.4, 0.5) is 5.69 Å². The van der Waals surface area contributed by atoms with Crippen LogP contribution >= 0.6 is 0 Å². The zero-order chi connectivity index (χ0) is 14.0. The lowest BCUT2D eigenvalue weighted by Gasteiger charge is -2.14. The first-order valence-corrected chi connectivity index (χ1v) is 6.04. The topological polar surface area (TPSA) is 56.5 Å². The maximum Gasteiger partial charge on any atom is 0.281 e. The molecule has 4 heteroatoms. The summed E-state index contributed by atoms with van der Waals surface area (Å²) in [5.74, 6) is -0.252. The van der Waals surface area contributed by atoms with Crippen molar-refractivity contribution in [1.82, 2.24) is 0 Å². The molecule has 1 aromatic rings. The number of carbonyl (C=O) groups excluding carboxylic acids is 1. The molecule has 19 heavy (non-hydrogen) atoms. The van der Waals surface area contributed by atoms with Crippen LogP contribution in [0.2, 0.25) is 0 Å². The van der Waals surface area contributed by atoms with Gasteiger partial charge >= 0.3 is 0 Å². The summed E-state index contributed by atoms with van der Waals surface area (Å²) in [6.07, 6.45) is 1.79. The van der Waals surface area contributed by atoms with E-state index in [2.05, 4.69) is 5.10 Å². The van der Waals surface area contributed by atoms with E-state index in [1.807, 2.05) is 45.0 Å². The van der Waals surface area contributed by atoms with Crippen molar-refractivity contribution in [1.29, 1.82) is 5.26 Å². The van der Waals surface area contributed by atoms with Gasteiger partial charge in [0.2, 0.25) is 0 Å².